The van der Waals surface area contributed by atoms with E-state index >= 15 is 0 Å². The summed E-state index contributed by atoms with van der Waals surface area (Å²) >= 11 is 3.11. The average molecular weight is 262 g/mol. The van der Waals surface area contributed by atoms with Gasteiger partial charge in [-0.05, 0) is 28.4 Å². The Morgan fingerprint density at radius 2 is 2.07 bits per heavy atom. The maximum Gasteiger partial charge on any atom is 0.355 e. The molecule has 0 atom stereocenters. The lowest BCUT2D eigenvalue weighted by molar-refractivity contribution is 0.0577. The number of carboxylic acids is 1. The summed E-state index contributed by atoms with van der Waals surface area (Å²) in [5, 5.41) is 8.86. The molecule has 1 rings (SSSR count). The second-order valence-electron chi connectivity index (χ2n) is 2.61. The van der Waals surface area contributed by atoms with E-state index in [1.165, 1.54) is 7.11 Å². The molecule has 6 heteroatoms. The molecule has 0 saturated heterocycles. The Kier molecular flexibility index (Phi) is 2.95. The van der Waals surface area contributed by atoms with Crippen molar-refractivity contribution in [2.45, 2.75) is 6.92 Å². The summed E-state index contributed by atoms with van der Waals surface area (Å²) in [7, 11) is 1.19. The molecule has 5 nitrogen and oxygen atoms in total. The van der Waals surface area contributed by atoms with E-state index in [1.807, 2.05) is 0 Å². The number of hydrogen-bond donors (Lipinski definition) is 2. The maximum absolute atomic E-state index is 11.2. The van der Waals surface area contributed by atoms with Gasteiger partial charge in [-0.2, -0.15) is 0 Å². The molecule has 1 heterocycles. The highest BCUT2D eigenvalue weighted by atomic mass is 79.9. The van der Waals surface area contributed by atoms with Gasteiger partial charge in [-0.3, -0.25) is 0 Å². The number of ether oxygens (including phenoxy) is 1. The quantitative estimate of drug-likeness (QED) is 0.793. The van der Waals surface area contributed by atoms with Crippen molar-refractivity contribution in [2.24, 2.45) is 0 Å². The van der Waals surface area contributed by atoms with E-state index in [2.05, 4.69) is 25.7 Å². The standard InChI is InChI=1S/C8H8BrNO4/c1-3-4(7(11)12)5(8(13)14-2)10-6(3)9/h10H,1-2H3,(H,11,12). The van der Waals surface area contributed by atoms with Crippen LogP contribution in [0, 0.1) is 6.92 Å². The molecule has 1 aromatic heterocycles. The van der Waals surface area contributed by atoms with E-state index in [1.54, 1.807) is 6.92 Å². The third kappa shape index (κ3) is 1.65. The second kappa shape index (κ2) is 3.83. The van der Waals surface area contributed by atoms with Crippen LogP contribution in [-0.2, 0) is 4.74 Å². The van der Waals surface area contributed by atoms with Gasteiger partial charge in [-0.25, -0.2) is 9.59 Å². The van der Waals surface area contributed by atoms with E-state index < -0.39 is 11.9 Å². The number of methoxy groups -OCH3 is 1. The number of carboxylic acid groups (broad SMARTS) is 1. The van der Waals surface area contributed by atoms with Crippen molar-refractivity contribution in [1.29, 1.82) is 0 Å². The third-order valence-electron chi connectivity index (χ3n) is 1.79. The number of esters is 1. The fraction of sp³-hybridized carbons (Fsp3) is 0.250. The van der Waals surface area contributed by atoms with Crippen LogP contribution < -0.4 is 0 Å². The number of carbonyl (C=O) groups excluding carboxylic acids is 1. The van der Waals surface area contributed by atoms with Gasteiger partial charge in [0.05, 0.1) is 17.3 Å². The van der Waals surface area contributed by atoms with Crippen LogP contribution >= 0.6 is 15.9 Å². The minimum atomic E-state index is -1.16. The summed E-state index contributed by atoms with van der Waals surface area (Å²) in [5.74, 6) is -1.86. The predicted molar refractivity (Wildman–Crippen MR) is 51.5 cm³/mol. The van der Waals surface area contributed by atoms with Crippen LogP contribution in [0.15, 0.2) is 4.60 Å². The van der Waals surface area contributed by atoms with Gasteiger partial charge in [-0.1, -0.05) is 0 Å². The van der Waals surface area contributed by atoms with Crippen molar-refractivity contribution in [1.82, 2.24) is 4.98 Å². The van der Waals surface area contributed by atoms with Crippen molar-refractivity contribution >= 4 is 27.9 Å². The number of halogens is 1. The van der Waals surface area contributed by atoms with Crippen LogP contribution in [0.1, 0.15) is 26.4 Å². The highest BCUT2D eigenvalue weighted by Gasteiger charge is 2.23. The molecule has 2 N–H and O–H groups in total. The van der Waals surface area contributed by atoms with Crippen LogP contribution in [0.4, 0.5) is 0 Å². The monoisotopic (exact) mass is 261 g/mol. The smallest absolute Gasteiger partial charge is 0.355 e. The SMILES string of the molecule is COC(=O)c1[nH]c(Br)c(C)c1C(=O)O. The molecule has 14 heavy (non-hydrogen) atoms. The number of aromatic nitrogens is 1. The Bertz CT molecular complexity index is 396. The summed E-state index contributed by atoms with van der Waals surface area (Å²) in [6.45, 7) is 1.59. The van der Waals surface area contributed by atoms with Crippen LogP contribution in [-0.4, -0.2) is 29.1 Å². The molecule has 76 valence electrons. The fourth-order valence-corrected chi connectivity index (χ4v) is 1.48. The third-order valence-corrected chi connectivity index (χ3v) is 2.59. The Morgan fingerprint density at radius 3 is 2.50 bits per heavy atom. The molecule has 1 aromatic rings. The number of aromatic amines is 1. The summed E-state index contributed by atoms with van der Waals surface area (Å²) < 4.78 is 4.91. The Morgan fingerprint density at radius 1 is 1.50 bits per heavy atom. The summed E-state index contributed by atoms with van der Waals surface area (Å²) in [6.07, 6.45) is 0. The first-order valence-electron chi connectivity index (χ1n) is 3.68. The lowest BCUT2D eigenvalue weighted by Gasteiger charge is -1.97. The Hall–Kier alpha value is -1.30. The first-order valence-corrected chi connectivity index (χ1v) is 4.48. The number of hydrogen-bond acceptors (Lipinski definition) is 3. The minimum Gasteiger partial charge on any atom is -0.478 e. The number of nitrogens with one attached hydrogen (secondary N) is 1. The highest BCUT2D eigenvalue weighted by Crippen LogP contribution is 2.23. The summed E-state index contributed by atoms with van der Waals surface area (Å²) in [5.41, 5.74) is 0.353. The molecule has 0 aliphatic rings. The van der Waals surface area contributed by atoms with Gasteiger partial charge in [0.25, 0.3) is 0 Å². The van der Waals surface area contributed by atoms with Crippen LogP contribution in [0.3, 0.4) is 0 Å². The van der Waals surface area contributed by atoms with Gasteiger partial charge in [0.2, 0.25) is 0 Å². The number of rotatable bonds is 2. The summed E-state index contributed by atoms with van der Waals surface area (Å²) in [4.78, 5) is 24.6. The Labute approximate surface area is 88.2 Å². The molecule has 0 aliphatic carbocycles. The number of carbonyl (C=O) groups is 2. The zero-order valence-corrected chi connectivity index (χ0v) is 9.14. The first-order chi connectivity index (χ1) is 6.49. The van der Waals surface area contributed by atoms with Crippen molar-refractivity contribution < 1.29 is 19.4 Å². The molecule has 0 bridgehead atoms. The molecular weight excluding hydrogens is 254 g/mol. The van der Waals surface area contributed by atoms with Gasteiger partial charge >= 0.3 is 11.9 Å². The van der Waals surface area contributed by atoms with E-state index in [9.17, 15) is 9.59 Å². The van der Waals surface area contributed by atoms with Crippen LogP contribution in [0.2, 0.25) is 0 Å². The predicted octanol–water partition coefficient (Wildman–Crippen LogP) is 1.57. The zero-order chi connectivity index (χ0) is 10.9. The fourth-order valence-electron chi connectivity index (χ4n) is 1.09. The molecule has 0 saturated carbocycles. The van der Waals surface area contributed by atoms with E-state index in [0.717, 1.165) is 0 Å². The van der Waals surface area contributed by atoms with E-state index in [0.29, 0.717) is 10.2 Å². The molecule has 0 aromatic carbocycles. The van der Waals surface area contributed by atoms with Gasteiger partial charge in [0, 0.05) is 0 Å². The molecule has 0 amide bonds. The van der Waals surface area contributed by atoms with Crippen molar-refractivity contribution in [3.8, 4) is 0 Å². The lowest BCUT2D eigenvalue weighted by Crippen LogP contribution is -2.09. The zero-order valence-electron chi connectivity index (χ0n) is 7.55. The maximum atomic E-state index is 11.2. The molecular formula is C8H8BrNO4. The van der Waals surface area contributed by atoms with Gasteiger partial charge < -0.3 is 14.8 Å². The Balaban J connectivity index is 3.36. The lowest BCUT2D eigenvalue weighted by atomic mass is 10.1. The largest absolute Gasteiger partial charge is 0.478 e. The molecule has 0 spiro atoms. The molecule has 0 radical (unpaired) electrons. The number of H-pyrrole nitrogens is 1. The summed E-state index contributed by atoms with van der Waals surface area (Å²) in [6, 6.07) is 0. The van der Waals surface area contributed by atoms with Gasteiger partial charge in [-0.15, -0.1) is 0 Å². The topological polar surface area (TPSA) is 79.4 Å². The van der Waals surface area contributed by atoms with Crippen LogP contribution in [0.5, 0.6) is 0 Å². The van der Waals surface area contributed by atoms with Crippen molar-refractivity contribution in [2.75, 3.05) is 7.11 Å². The van der Waals surface area contributed by atoms with E-state index in [-0.39, 0.29) is 11.3 Å². The highest BCUT2D eigenvalue weighted by molar-refractivity contribution is 9.10. The average Bonchev–Trinajstić information content (AvgIpc) is 2.42. The van der Waals surface area contributed by atoms with Crippen molar-refractivity contribution in [3.05, 3.63) is 21.4 Å². The number of aromatic carboxylic acids is 1. The van der Waals surface area contributed by atoms with Gasteiger partial charge in [0.1, 0.15) is 5.69 Å². The second-order valence-corrected chi connectivity index (χ2v) is 3.40. The normalized spacial score (nSPS) is 9.93. The first kappa shape index (κ1) is 10.8. The minimum absolute atomic E-state index is 0.0515. The van der Waals surface area contributed by atoms with Crippen molar-refractivity contribution in [3.63, 3.8) is 0 Å². The van der Waals surface area contributed by atoms with E-state index in [4.69, 9.17) is 5.11 Å². The molecule has 0 fully saturated rings. The van der Waals surface area contributed by atoms with Gasteiger partial charge in [0.15, 0.2) is 0 Å². The molecule has 0 unspecified atom stereocenters. The molecule has 0 aliphatic heterocycles. The van der Waals surface area contributed by atoms with Crippen LogP contribution in [0.25, 0.3) is 0 Å².